The standard InChI is InChI=1S/C21H33NO2/c1-20-9-7-15(24-12-11-22)13-14(20)3-4-16-17-5-6-19(23)21(17,2)10-8-18(16)20/h3,15-18H,4-13,22H2,1-2H3/t15-,16+,17+,18+,20-,21+/m0/s1. The van der Waals surface area contributed by atoms with Crippen molar-refractivity contribution in [1.82, 2.24) is 0 Å². The predicted octanol–water partition coefficient (Wildman–Crippen LogP) is 3.86. The van der Waals surface area contributed by atoms with Gasteiger partial charge in [0.05, 0.1) is 12.7 Å². The molecule has 0 aromatic rings. The van der Waals surface area contributed by atoms with Crippen LogP contribution in [0.15, 0.2) is 11.6 Å². The summed E-state index contributed by atoms with van der Waals surface area (Å²) < 4.78 is 5.95. The second-order valence-electron chi connectivity index (χ2n) is 9.20. The van der Waals surface area contributed by atoms with Gasteiger partial charge in [0.2, 0.25) is 0 Å². The Kier molecular flexibility index (Phi) is 4.16. The molecule has 0 aromatic heterocycles. The fourth-order valence-corrected chi connectivity index (χ4v) is 6.78. The van der Waals surface area contributed by atoms with Crippen molar-refractivity contribution < 1.29 is 9.53 Å². The highest BCUT2D eigenvalue weighted by Crippen LogP contribution is 2.64. The molecule has 4 rings (SSSR count). The van der Waals surface area contributed by atoms with Crippen molar-refractivity contribution in [3.8, 4) is 0 Å². The lowest BCUT2D eigenvalue weighted by atomic mass is 9.48. The quantitative estimate of drug-likeness (QED) is 0.799. The Hall–Kier alpha value is -0.670. The summed E-state index contributed by atoms with van der Waals surface area (Å²) in [4.78, 5) is 12.5. The van der Waals surface area contributed by atoms with Crippen molar-refractivity contribution in [3.05, 3.63) is 11.6 Å². The van der Waals surface area contributed by atoms with Crippen LogP contribution in [0.3, 0.4) is 0 Å². The zero-order chi connectivity index (χ0) is 16.9. The van der Waals surface area contributed by atoms with Crippen LogP contribution in [0.1, 0.15) is 65.2 Å². The van der Waals surface area contributed by atoms with Crippen LogP contribution in [0.25, 0.3) is 0 Å². The average Bonchev–Trinajstić information content (AvgIpc) is 2.88. The van der Waals surface area contributed by atoms with Gasteiger partial charge in [-0.3, -0.25) is 4.79 Å². The third-order valence-electron chi connectivity index (χ3n) is 8.24. The number of hydrogen-bond donors (Lipinski definition) is 1. The first kappa shape index (κ1) is 16.8. The molecular weight excluding hydrogens is 298 g/mol. The summed E-state index contributed by atoms with van der Waals surface area (Å²) in [7, 11) is 0. The van der Waals surface area contributed by atoms with Crippen molar-refractivity contribution in [2.45, 2.75) is 71.3 Å². The number of carbonyl (C=O) groups excluding carboxylic acids is 1. The van der Waals surface area contributed by atoms with E-state index in [0.29, 0.717) is 36.4 Å². The highest BCUT2D eigenvalue weighted by atomic mass is 16.5. The van der Waals surface area contributed by atoms with Gasteiger partial charge in [-0.2, -0.15) is 0 Å². The Labute approximate surface area is 146 Å². The summed E-state index contributed by atoms with van der Waals surface area (Å²) in [5, 5.41) is 0. The molecular formula is C21H33NO2. The van der Waals surface area contributed by atoms with Gasteiger partial charge in [0.1, 0.15) is 5.78 Å². The van der Waals surface area contributed by atoms with Gasteiger partial charge in [0.25, 0.3) is 0 Å². The Morgan fingerprint density at radius 1 is 1.17 bits per heavy atom. The first-order chi connectivity index (χ1) is 11.5. The molecule has 3 nitrogen and oxygen atoms in total. The molecule has 0 saturated heterocycles. The number of fused-ring (bicyclic) bond motifs is 5. The molecule has 0 bridgehead atoms. The number of allylic oxidation sites excluding steroid dienone is 1. The number of nitrogens with two attached hydrogens (primary N) is 1. The highest BCUT2D eigenvalue weighted by Gasteiger charge is 2.58. The van der Waals surface area contributed by atoms with Crippen LogP contribution in [-0.2, 0) is 9.53 Å². The molecule has 2 N–H and O–H groups in total. The second-order valence-corrected chi connectivity index (χ2v) is 9.20. The van der Waals surface area contributed by atoms with Gasteiger partial charge in [0, 0.05) is 18.4 Å². The van der Waals surface area contributed by atoms with Crippen LogP contribution in [0.4, 0.5) is 0 Å². The minimum atomic E-state index is -0.00961. The Morgan fingerprint density at radius 2 is 1.92 bits per heavy atom. The minimum Gasteiger partial charge on any atom is -0.377 e. The lowest BCUT2D eigenvalue weighted by Gasteiger charge is -2.57. The number of rotatable bonds is 3. The zero-order valence-electron chi connectivity index (χ0n) is 15.4. The number of Topliss-reactive ketones (excluding diaryl/α,β-unsaturated/α-hetero) is 1. The van der Waals surface area contributed by atoms with E-state index in [1.165, 1.54) is 19.3 Å². The van der Waals surface area contributed by atoms with Crippen LogP contribution < -0.4 is 5.73 Å². The van der Waals surface area contributed by atoms with Gasteiger partial charge >= 0.3 is 0 Å². The largest absolute Gasteiger partial charge is 0.377 e. The van der Waals surface area contributed by atoms with Crippen LogP contribution in [0.5, 0.6) is 0 Å². The number of hydrogen-bond acceptors (Lipinski definition) is 3. The molecule has 0 heterocycles. The Morgan fingerprint density at radius 3 is 2.71 bits per heavy atom. The van der Waals surface area contributed by atoms with E-state index >= 15 is 0 Å². The summed E-state index contributed by atoms with van der Waals surface area (Å²) >= 11 is 0. The van der Waals surface area contributed by atoms with Gasteiger partial charge in [-0.25, -0.2) is 0 Å². The van der Waals surface area contributed by atoms with Gasteiger partial charge in [-0.05, 0) is 68.1 Å². The maximum absolute atomic E-state index is 12.5. The van der Waals surface area contributed by atoms with Gasteiger partial charge in [0.15, 0.2) is 0 Å². The lowest BCUT2D eigenvalue weighted by Crippen LogP contribution is -2.50. The topological polar surface area (TPSA) is 52.3 Å². The van der Waals surface area contributed by atoms with E-state index in [9.17, 15) is 4.79 Å². The van der Waals surface area contributed by atoms with Crippen molar-refractivity contribution in [1.29, 1.82) is 0 Å². The smallest absolute Gasteiger partial charge is 0.139 e. The molecule has 6 atom stereocenters. The third-order valence-corrected chi connectivity index (χ3v) is 8.24. The van der Waals surface area contributed by atoms with Crippen molar-refractivity contribution >= 4 is 5.78 Å². The van der Waals surface area contributed by atoms with E-state index < -0.39 is 0 Å². The Bertz CT molecular complexity index is 556. The molecule has 0 radical (unpaired) electrons. The highest BCUT2D eigenvalue weighted by molar-refractivity contribution is 5.87. The van der Waals surface area contributed by atoms with Crippen molar-refractivity contribution in [3.63, 3.8) is 0 Å². The average molecular weight is 332 g/mol. The first-order valence-electron chi connectivity index (χ1n) is 10.0. The predicted molar refractivity (Wildman–Crippen MR) is 95.5 cm³/mol. The zero-order valence-corrected chi connectivity index (χ0v) is 15.4. The summed E-state index contributed by atoms with van der Waals surface area (Å²) in [6.45, 7) is 6.08. The Balaban J connectivity index is 1.56. The summed E-state index contributed by atoms with van der Waals surface area (Å²) in [6, 6.07) is 0. The first-order valence-corrected chi connectivity index (χ1v) is 10.0. The molecule has 3 saturated carbocycles. The fraction of sp³-hybridized carbons (Fsp3) is 0.857. The summed E-state index contributed by atoms with van der Waals surface area (Å²) in [6.07, 6.45) is 11.9. The van der Waals surface area contributed by atoms with E-state index in [-0.39, 0.29) is 5.41 Å². The fourth-order valence-electron chi connectivity index (χ4n) is 6.78. The molecule has 24 heavy (non-hydrogen) atoms. The molecule has 0 unspecified atom stereocenters. The SMILES string of the molecule is C[C@@]12CC[C@@H]3[C@H](CC=C4C[C@@H](OCCN)CC[C@@]43C)[C@H]1CCC2=O. The minimum absolute atomic E-state index is 0.00961. The van der Waals surface area contributed by atoms with Crippen molar-refractivity contribution in [2.75, 3.05) is 13.2 Å². The molecule has 0 aromatic carbocycles. The number of ketones is 1. The van der Waals surface area contributed by atoms with Crippen LogP contribution in [0.2, 0.25) is 0 Å². The normalized spacial score (nSPS) is 47.6. The van der Waals surface area contributed by atoms with E-state index in [4.69, 9.17) is 10.5 Å². The molecule has 3 heteroatoms. The number of carbonyl (C=O) groups is 1. The van der Waals surface area contributed by atoms with Crippen LogP contribution in [0, 0.1) is 28.6 Å². The van der Waals surface area contributed by atoms with Crippen molar-refractivity contribution in [2.24, 2.45) is 34.3 Å². The molecule has 4 aliphatic rings. The maximum Gasteiger partial charge on any atom is 0.139 e. The third kappa shape index (κ3) is 2.34. The molecule has 0 aliphatic heterocycles. The molecule has 0 amide bonds. The summed E-state index contributed by atoms with van der Waals surface area (Å²) in [5.74, 6) is 2.68. The molecule has 134 valence electrons. The van der Waals surface area contributed by atoms with Crippen LogP contribution >= 0.6 is 0 Å². The van der Waals surface area contributed by atoms with E-state index in [1.807, 2.05) is 0 Å². The maximum atomic E-state index is 12.5. The number of ether oxygens (including phenoxy) is 1. The lowest BCUT2D eigenvalue weighted by molar-refractivity contribution is -0.132. The van der Waals surface area contributed by atoms with Gasteiger partial charge in [-0.1, -0.05) is 25.5 Å². The molecule has 3 fully saturated rings. The van der Waals surface area contributed by atoms with Gasteiger partial charge in [-0.15, -0.1) is 0 Å². The van der Waals surface area contributed by atoms with E-state index in [0.717, 1.165) is 43.9 Å². The molecule has 0 spiro atoms. The monoisotopic (exact) mass is 331 g/mol. The summed E-state index contributed by atoms with van der Waals surface area (Å²) in [5.41, 5.74) is 7.58. The van der Waals surface area contributed by atoms with E-state index in [2.05, 4.69) is 19.9 Å². The van der Waals surface area contributed by atoms with Crippen LogP contribution in [-0.4, -0.2) is 25.0 Å². The molecule has 4 aliphatic carbocycles. The van der Waals surface area contributed by atoms with Gasteiger partial charge < -0.3 is 10.5 Å². The second kappa shape index (κ2) is 5.95. The van der Waals surface area contributed by atoms with E-state index in [1.54, 1.807) is 5.57 Å².